The SMILES string of the molecule is CC(C(=O)NC1CCCCC1)N(Cc1ccccc1Cl)C(=O)CN(c1ccc2c(c1)OCO2)S(C)(=O)=O. The minimum atomic E-state index is -3.85. The molecule has 2 amide bonds. The molecule has 1 aliphatic heterocycles. The fraction of sp³-hybridized carbons (Fsp3) is 0.462. The van der Waals surface area contributed by atoms with Crippen LogP contribution in [0.2, 0.25) is 5.02 Å². The Hall–Kier alpha value is -2.98. The largest absolute Gasteiger partial charge is 0.454 e. The van der Waals surface area contributed by atoms with Gasteiger partial charge in [-0.15, -0.1) is 0 Å². The molecule has 0 bridgehead atoms. The number of benzene rings is 2. The molecular formula is C26H32ClN3O6S. The molecule has 37 heavy (non-hydrogen) atoms. The van der Waals surface area contributed by atoms with Gasteiger partial charge in [0.1, 0.15) is 12.6 Å². The van der Waals surface area contributed by atoms with Crippen molar-refractivity contribution >= 4 is 39.1 Å². The van der Waals surface area contributed by atoms with E-state index in [0.717, 1.165) is 42.7 Å². The van der Waals surface area contributed by atoms with E-state index in [0.29, 0.717) is 22.1 Å². The number of ether oxygens (including phenoxy) is 2. The van der Waals surface area contributed by atoms with Crippen molar-refractivity contribution in [3.8, 4) is 11.5 Å². The first-order valence-corrected chi connectivity index (χ1v) is 14.6. The molecule has 0 saturated heterocycles. The lowest BCUT2D eigenvalue weighted by molar-refractivity contribution is -0.139. The van der Waals surface area contributed by atoms with Gasteiger partial charge in [-0.1, -0.05) is 49.1 Å². The van der Waals surface area contributed by atoms with Crippen molar-refractivity contribution in [3.05, 3.63) is 53.1 Å². The third-order valence-corrected chi connectivity index (χ3v) is 8.25. The highest BCUT2D eigenvalue weighted by atomic mass is 35.5. The van der Waals surface area contributed by atoms with Gasteiger partial charge >= 0.3 is 0 Å². The van der Waals surface area contributed by atoms with Crippen molar-refractivity contribution in [2.45, 2.75) is 57.7 Å². The van der Waals surface area contributed by atoms with Gasteiger partial charge < -0.3 is 19.7 Å². The molecule has 1 unspecified atom stereocenters. The highest BCUT2D eigenvalue weighted by Crippen LogP contribution is 2.36. The molecule has 200 valence electrons. The number of nitrogens with zero attached hydrogens (tertiary/aromatic N) is 2. The quantitative estimate of drug-likeness (QED) is 0.511. The van der Waals surface area contributed by atoms with Gasteiger partial charge in [0.2, 0.25) is 28.6 Å². The second kappa shape index (κ2) is 11.6. The molecular weight excluding hydrogens is 518 g/mol. The monoisotopic (exact) mass is 549 g/mol. The smallest absolute Gasteiger partial charge is 0.244 e. The number of fused-ring (bicyclic) bond motifs is 1. The Morgan fingerprint density at radius 2 is 1.78 bits per heavy atom. The van der Waals surface area contributed by atoms with Crippen LogP contribution in [0.4, 0.5) is 5.69 Å². The third kappa shape index (κ3) is 6.67. The molecule has 1 atom stereocenters. The standard InChI is InChI=1S/C26H32ClN3O6S/c1-18(26(32)28-20-9-4-3-5-10-20)29(15-19-8-6-7-11-22(19)27)25(31)16-30(37(2,33)34)21-12-13-23-24(14-21)36-17-35-23/h6-8,11-14,18,20H,3-5,9-10,15-17H2,1-2H3,(H,28,32). The van der Waals surface area contributed by atoms with Gasteiger partial charge in [-0.2, -0.15) is 0 Å². The molecule has 0 aromatic heterocycles. The predicted molar refractivity (Wildman–Crippen MR) is 141 cm³/mol. The van der Waals surface area contributed by atoms with Gasteiger partial charge in [0.15, 0.2) is 11.5 Å². The van der Waals surface area contributed by atoms with Crippen LogP contribution >= 0.6 is 11.6 Å². The number of hydrogen-bond donors (Lipinski definition) is 1. The van der Waals surface area contributed by atoms with E-state index in [9.17, 15) is 18.0 Å². The number of carbonyl (C=O) groups excluding carboxylic acids is 2. The number of amides is 2. The lowest BCUT2D eigenvalue weighted by Gasteiger charge is -2.33. The minimum absolute atomic E-state index is 0.0375. The van der Waals surface area contributed by atoms with E-state index < -0.39 is 28.5 Å². The van der Waals surface area contributed by atoms with E-state index in [-0.39, 0.29) is 31.0 Å². The Labute approximate surface area is 222 Å². The number of halogens is 1. The number of anilines is 1. The Bertz CT molecular complexity index is 1250. The van der Waals surface area contributed by atoms with Gasteiger partial charge in [-0.05, 0) is 43.5 Å². The van der Waals surface area contributed by atoms with E-state index in [2.05, 4.69) is 5.32 Å². The normalized spacial score (nSPS) is 16.2. The van der Waals surface area contributed by atoms with Crippen LogP contribution in [0.5, 0.6) is 11.5 Å². The third-order valence-electron chi connectivity index (χ3n) is 6.74. The second-order valence-electron chi connectivity index (χ2n) is 9.44. The first kappa shape index (κ1) is 27.1. The van der Waals surface area contributed by atoms with Crippen LogP contribution in [0, 0.1) is 0 Å². The maximum Gasteiger partial charge on any atom is 0.244 e. The summed E-state index contributed by atoms with van der Waals surface area (Å²) in [7, 11) is -3.85. The average molecular weight is 550 g/mol. The van der Waals surface area contributed by atoms with Gasteiger partial charge in [0.05, 0.1) is 11.9 Å². The summed E-state index contributed by atoms with van der Waals surface area (Å²) < 4.78 is 37.2. The van der Waals surface area contributed by atoms with Crippen molar-refractivity contribution in [2.75, 3.05) is 23.9 Å². The van der Waals surface area contributed by atoms with Crippen molar-refractivity contribution in [3.63, 3.8) is 0 Å². The maximum absolute atomic E-state index is 13.7. The van der Waals surface area contributed by atoms with Crippen molar-refractivity contribution in [2.24, 2.45) is 0 Å². The minimum Gasteiger partial charge on any atom is -0.454 e. The van der Waals surface area contributed by atoms with E-state index in [4.69, 9.17) is 21.1 Å². The first-order valence-electron chi connectivity index (χ1n) is 12.3. The van der Waals surface area contributed by atoms with Crippen LogP contribution in [0.25, 0.3) is 0 Å². The van der Waals surface area contributed by atoms with E-state index >= 15 is 0 Å². The Morgan fingerprint density at radius 1 is 1.08 bits per heavy atom. The molecule has 1 saturated carbocycles. The summed E-state index contributed by atoms with van der Waals surface area (Å²) in [6.07, 6.45) is 6.11. The zero-order valence-corrected chi connectivity index (χ0v) is 22.6. The van der Waals surface area contributed by atoms with Gasteiger partial charge in [0, 0.05) is 23.7 Å². The van der Waals surface area contributed by atoms with Crippen LogP contribution in [0.3, 0.4) is 0 Å². The summed E-state index contributed by atoms with van der Waals surface area (Å²) in [5, 5.41) is 3.52. The fourth-order valence-corrected chi connectivity index (χ4v) is 5.65. The van der Waals surface area contributed by atoms with E-state index in [1.165, 1.54) is 11.0 Å². The topological polar surface area (TPSA) is 105 Å². The molecule has 1 N–H and O–H groups in total. The number of nitrogens with one attached hydrogen (secondary N) is 1. The second-order valence-corrected chi connectivity index (χ2v) is 11.8. The summed E-state index contributed by atoms with van der Waals surface area (Å²) in [6.45, 7) is 1.24. The zero-order valence-electron chi connectivity index (χ0n) is 21.0. The summed E-state index contributed by atoms with van der Waals surface area (Å²) >= 11 is 6.37. The van der Waals surface area contributed by atoms with Crippen LogP contribution in [0.1, 0.15) is 44.6 Å². The average Bonchev–Trinajstić information content (AvgIpc) is 3.34. The molecule has 2 aromatic rings. The van der Waals surface area contributed by atoms with Crippen LogP contribution < -0.4 is 19.1 Å². The molecule has 0 radical (unpaired) electrons. The van der Waals surface area contributed by atoms with Crippen molar-refractivity contribution in [1.29, 1.82) is 0 Å². The Morgan fingerprint density at radius 3 is 2.49 bits per heavy atom. The summed E-state index contributed by atoms with van der Waals surface area (Å²) in [4.78, 5) is 28.3. The van der Waals surface area contributed by atoms with Crippen molar-refractivity contribution < 1.29 is 27.5 Å². The molecule has 2 aliphatic rings. The number of carbonyl (C=O) groups is 2. The highest BCUT2D eigenvalue weighted by molar-refractivity contribution is 7.92. The van der Waals surface area contributed by atoms with Gasteiger partial charge in [-0.25, -0.2) is 8.42 Å². The first-order chi connectivity index (χ1) is 17.6. The Kier molecular flexibility index (Phi) is 8.49. The van der Waals surface area contributed by atoms with Crippen LogP contribution in [-0.2, 0) is 26.2 Å². The van der Waals surface area contributed by atoms with Crippen LogP contribution in [0.15, 0.2) is 42.5 Å². The number of rotatable bonds is 9. The molecule has 4 rings (SSSR count). The lowest BCUT2D eigenvalue weighted by atomic mass is 9.95. The summed E-state index contributed by atoms with van der Waals surface area (Å²) in [6, 6.07) is 11.0. The lowest BCUT2D eigenvalue weighted by Crippen LogP contribution is -2.53. The van der Waals surface area contributed by atoms with E-state index in [1.54, 1.807) is 43.3 Å². The predicted octanol–water partition coefficient (Wildman–Crippen LogP) is 3.70. The molecule has 2 aromatic carbocycles. The number of hydrogen-bond acceptors (Lipinski definition) is 6. The molecule has 1 aliphatic carbocycles. The molecule has 0 spiro atoms. The fourth-order valence-electron chi connectivity index (χ4n) is 4.62. The molecule has 1 heterocycles. The van der Waals surface area contributed by atoms with Crippen LogP contribution in [-0.4, -0.2) is 56.8 Å². The number of sulfonamides is 1. The summed E-state index contributed by atoms with van der Waals surface area (Å²) in [5.41, 5.74) is 0.918. The maximum atomic E-state index is 13.7. The van der Waals surface area contributed by atoms with Gasteiger partial charge in [0.25, 0.3) is 0 Å². The van der Waals surface area contributed by atoms with Gasteiger partial charge in [-0.3, -0.25) is 13.9 Å². The molecule has 11 heteroatoms. The van der Waals surface area contributed by atoms with E-state index in [1.807, 2.05) is 0 Å². The molecule has 1 fully saturated rings. The highest BCUT2D eigenvalue weighted by Gasteiger charge is 2.32. The summed E-state index contributed by atoms with van der Waals surface area (Å²) in [5.74, 6) is 0.0826. The molecule has 9 nitrogen and oxygen atoms in total. The Balaban J connectivity index is 1.59. The zero-order chi connectivity index (χ0) is 26.6. The van der Waals surface area contributed by atoms with Crippen molar-refractivity contribution in [1.82, 2.24) is 10.2 Å².